The molecule has 0 bridgehead atoms. The fourth-order valence-electron chi connectivity index (χ4n) is 4.60. The third kappa shape index (κ3) is 6.50. The number of H-pyrrole nitrogens is 1. The van der Waals surface area contributed by atoms with Crippen molar-refractivity contribution in [1.82, 2.24) is 15.5 Å². The largest absolute Gasteiger partial charge is 0.446 e. The molecule has 0 radical (unpaired) electrons. The first-order valence-electron chi connectivity index (χ1n) is 11.3. The van der Waals surface area contributed by atoms with Crippen molar-refractivity contribution in [3.8, 4) is 0 Å². The number of aliphatic hydroxyl groups is 1. The molecule has 2 aliphatic rings. The van der Waals surface area contributed by atoms with E-state index in [0.717, 1.165) is 49.6 Å². The van der Waals surface area contributed by atoms with Crippen LogP contribution >= 0.6 is 0 Å². The van der Waals surface area contributed by atoms with Gasteiger partial charge in [-0.05, 0) is 62.6 Å². The average molecular weight is 462 g/mol. The fourth-order valence-corrected chi connectivity index (χ4v) is 4.60. The summed E-state index contributed by atoms with van der Waals surface area (Å²) in [4.78, 5) is 24.4. The number of benzene rings is 1. The second kappa shape index (κ2) is 10.3. The molecule has 2 atom stereocenters. The maximum atomic E-state index is 13.3. The van der Waals surface area contributed by atoms with Crippen LogP contribution in [0.1, 0.15) is 62.1 Å². The number of nitrogens with one attached hydrogen (secondary N) is 3. The lowest BCUT2D eigenvalue weighted by molar-refractivity contribution is -0.115. The minimum Gasteiger partial charge on any atom is -0.446 e. The molecular formula is C23H28F2N4O4. The molecule has 2 fully saturated rings. The highest BCUT2D eigenvalue weighted by Crippen LogP contribution is 2.36. The zero-order valence-electron chi connectivity index (χ0n) is 18.2. The standard InChI is InChI=1S/C23H28F2N4O4/c24-15-7-13(8-16(25)11-15)9-22(31)27-21-12-20(28-29-21)14-1-6-19(10-14)33-23(32)26-17-2-4-18(30)5-3-17/h7-8,11-12,14,17-19,30H,1-6,9-10H2,(H,26,32)(H2,27,28,29,31)/t14-,17-,18-,19+/m1/s1. The summed E-state index contributed by atoms with van der Waals surface area (Å²) in [5, 5.41) is 22.1. The fraction of sp³-hybridized carbons (Fsp3) is 0.522. The third-order valence-corrected chi connectivity index (χ3v) is 6.27. The van der Waals surface area contributed by atoms with E-state index in [1.54, 1.807) is 6.07 Å². The zero-order chi connectivity index (χ0) is 23.4. The van der Waals surface area contributed by atoms with Crippen molar-refractivity contribution in [1.29, 1.82) is 0 Å². The Morgan fingerprint density at radius 3 is 2.52 bits per heavy atom. The van der Waals surface area contributed by atoms with E-state index in [9.17, 15) is 23.5 Å². The molecule has 4 N–H and O–H groups in total. The van der Waals surface area contributed by atoms with Crippen LogP contribution in [-0.2, 0) is 16.0 Å². The van der Waals surface area contributed by atoms with Crippen LogP contribution in [0.3, 0.4) is 0 Å². The second-order valence-electron chi connectivity index (χ2n) is 8.90. The monoisotopic (exact) mass is 462 g/mol. The number of rotatable bonds is 6. The summed E-state index contributed by atoms with van der Waals surface area (Å²) in [5.74, 6) is -1.46. The summed E-state index contributed by atoms with van der Waals surface area (Å²) in [7, 11) is 0. The molecule has 1 aromatic carbocycles. The number of aliphatic hydroxyl groups excluding tert-OH is 1. The van der Waals surface area contributed by atoms with Gasteiger partial charge in [-0.2, -0.15) is 5.10 Å². The Balaban J connectivity index is 1.23. The molecule has 178 valence electrons. The summed E-state index contributed by atoms with van der Waals surface area (Å²) < 4.78 is 32.2. The molecule has 2 aliphatic carbocycles. The van der Waals surface area contributed by atoms with Crippen LogP contribution in [-0.4, -0.2) is 45.6 Å². The second-order valence-corrected chi connectivity index (χ2v) is 8.90. The van der Waals surface area contributed by atoms with Gasteiger partial charge in [0.1, 0.15) is 17.7 Å². The molecule has 1 aromatic heterocycles. The maximum Gasteiger partial charge on any atom is 0.407 e. The first-order chi connectivity index (χ1) is 15.8. The average Bonchev–Trinajstić information content (AvgIpc) is 3.38. The molecule has 0 spiro atoms. The lowest BCUT2D eigenvalue weighted by Gasteiger charge is -2.26. The van der Waals surface area contributed by atoms with E-state index in [1.165, 1.54) is 0 Å². The number of hydrogen-bond donors (Lipinski definition) is 4. The number of alkyl carbamates (subject to hydrolysis) is 1. The molecule has 33 heavy (non-hydrogen) atoms. The molecular weight excluding hydrogens is 434 g/mol. The van der Waals surface area contributed by atoms with Gasteiger partial charge in [-0.15, -0.1) is 0 Å². The molecule has 0 saturated heterocycles. The topological polar surface area (TPSA) is 116 Å². The summed E-state index contributed by atoms with van der Waals surface area (Å²) in [6.45, 7) is 0. The first-order valence-corrected chi connectivity index (χ1v) is 11.3. The van der Waals surface area contributed by atoms with Crippen LogP contribution in [0.2, 0.25) is 0 Å². The minimum absolute atomic E-state index is 0.0424. The van der Waals surface area contributed by atoms with Crippen molar-refractivity contribution >= 4 is 17.8 Å². The molecule has 2 saturated carbocycles. The van der Waals surface area contributed by atoms with E-state index in [-0.39, 0.29) is 36.2 Å². The van der Waals surface area contributed by atoms with Gasteiger partial charge < -0.3 is 20.5 Å². The summed E-state index contributed by atoms with van der Waals surface area (Å²) in [6, 6.07) is 4.76. The van der Waals surface area contributed by atoms with E-state index in [0.29, 0.717) is 25.1 Å². The van der Waals surface area contributed by atoms with Crippen molar-refractivity contribution < 1.29 is 28.2 Å². The number of halogens is 2. The Morgan fingerprint density at radius 2 is 1.79 bits per heavy atom. The van der Waals surface area contributed by atoms with E-state index >= 15 is 0 Å². The molecule has 2 amide bonds. The van der Waals surface area contributed by atoms with Crippen molar-refractivity contribution in [2.24, 2.45) is 0 Å². The predicted octanol–water partition coefficient (Wildman–Crippen LogP) is 3.53. The number of aromatic nitrogens is 2. The Bertz CT molecular complexity index is 970. The zero-order valence-corrected chi connectivity index (χ0v) is 18.2. The minimum atomic E-state index is -0.732. The number of carbonyl (C=O) groups is 2. The van der Waals surface area contributed by atoms with Crippen molar-refractivity contribution in [3.05, 3.63) is 47.2 Å². The van der Waals surface area contributed by atoms with Crippen molar-refractivity contribution in [3.63, 3.8) is 0 Å². The van der Waals surface area contributed by atoms with Crippen LogP contribution in [0, 0.1) is 11.6 Å². The van der Waals surface area contributed by atoms with Crippen molar-refractivity contribution in [2.45, 2.75) is 75.5 Å². The van der Waals surface area contributed by atoms with Gasteiger partial charge in [-0.1, -0.05) is 0 Å². The van der Waals surface area contributed by atoms with Gasteiger partial charge in [0.15, 0.2) is 5.82 Å². The van der Waals surface area contributed by atoms with E-state index in [4.69, 9.17) is 4.74 Å². The molecule has 8 nitrogen and oxygen atoms in total. The predicted molar refractivity (Wildman–Crippen MR) is 116 cm³/mol. The number of carbonyl (C=O) groups excluding carboxylic acids is 2. The maximum absolute atomic E-state index is 13.3. The van der Waals surface area contributed by atoms with Gasteiger partial charge in [0.25, 0.3) is 0 Å². The van der Waals surface area contributed by atoms with Crippen LogP contribution in [0.25, 0.3) is 0 Å². The molecule has 0 unspecified atom stereocenters. The Labute approximate surface area is 190 Å². The van der Waals surface area contributed by atoms with Gasteiger partial charge in [0.2, 0.25) is 5.91 Å². The van der Waals surface area contributed by atoms with E-state index < -0.39 is 23.6 Å². The number of ether oxygens (including phenoxy) is 1. The number of nitrogens with zero attached hydrogens (tertiary/aromatic N) is 1. The highest BCUT2D eigenvalue weighted by molar-refractivity contribution is 5.91. The Hall–Kier alpha value is -3.01. The number of aromatic amines is 1. The van der Waals surface area contributed by atoms with E-state index in [1.807, 2.05) is 0 Å². The highest BCUT2D eigenvalue weighted by Gasteiger charge is 2.31. The van der Waals surface area contributed by atoms with Gasteiger partial charge in [0, 0.05) is 29.8 Å². The van der Waals surface area contributed by atoms with Crippen LogP contribution in [0.5, 0.6) is 0 Å². The van der Waals surface area contributed by atoms with Gasteiger partial charge >= 0.3 is 6.09 Å². The molecule has 2 aromatic rings. The number of anilines is 1. The summed E-state index contributed by atoms with van der Waals surface area (Å²) in [5.41, 5.74) is 1.06. The van der Waals surface area contributed by atoms with Crippen LogP contribution in [0.4, 0.5) is 19.4 Å². The first kappa shape index (κ1) is 23.2. The third-order valence-electron chi connectivity index (χ3n) is 6.27. The lowest BCUT2D eigenvalue weighted by Crippen LogP contribution is -2.40. The van der Waals surface area contributed by atoms with E-state index in [2.05, 4.69) is 20.8 Å². The van der Waals surface area contributed by atoms with Crippen LogP contribution in [0.15, 0.2) is 24.3 Å². The van der Waals surface area contributed by atoms with Gasteiger partial charge in [0.05, 0.1) is 12.5 Å². The smallest absolute Gasteiger partial charge is 0.407 e. The molecule has 10 heteroatoms. The summed E-state index contributed by atoms with van der Waals surface area (Å²) >= 11 is 0. The van der Waals surface area contributed by atoms with Crippen LogP contribution < -0.4 is 10.6 Å². The summed E-state index contributed by atoms with van der Waals surface area (Å²) in [6.07, 6.45) is 3.99. The number of hydrogen-bond acceptors (Lipinski definition) is 5. The quantitative estimate of drug-likeness (QED) is 0.524. The molecule has 0 aliphatic heterocycles. The molecule has 1 heterocycles. The normalized spacial score (nSPS) is 24.9. The lowest BCUT2D eigenvalue weighted by atomic mass is 9.93. The Morgan fingerprint density at radius 1 is 1.06 bits per heavy atom. The van der Waals surface area contributed by atoms with Gasteiger partial charge in [-0.25, -0.2) is 13.6 Å². The number of amides is 2. The molecule has 4 rings (SSSR count). The highest BCUT2D eigenvalue weighted by atomic mass is 19.1. The Kier molecular flexibility index (Phi) is 7.22. The van der Waals surface area contributed by atoms with Gasteiger partial charge in [-0.3, -0.25) is 9.89 Å². The van der Waals surface area contributed by atoms with Crippen molar-refractivity contribution in [2.75, 3.05) is 5.32 Å². The SMILES string of the molecule is O=C(Cc1cc(F)cc(F)c1)Nc1cc([C@@H]2CC[C@H](OC(=O)N[C@H]3CC[C@H](O)CC3)C2)[nH]n1.